The molecule has 1 aliphatic rings. The lowest BCUT2D eigenvalue weighted by Gasteiger charge is -2.11. The highest BCUT2D eigenvalue weighted by atomic mass is 16.1. The molecule has 4 rings (SSSR count). The van der Waals surface area contributed by atoms with Crippen LogP contribution in [0.4, 0.5) is 0 Å². The summed E-state index contributed by atoms with van der Waals surface area (Å²) in [7, 11) is 0. The summed E-state index contributed by atoms with van der Waals surface area (Å²) in [6.07, 6.45) is 5.08. The molecule has 0 atom stereocenters. The molecule has 5 heteroatoms. The first-order valence-corrected chi connectivity index (χ1v) is 7.59. The summed E-state index contributed by atoms with van der Waals surface area (Å²) in [5.74, 6) is -0.350. The van der Waals surface area contributed by atoms with E-state index in [2.05, 4.69) is 28.3 Å². The van der Waals surface area contributed by atoms with E-state index in [0.29, 0.717) is 0 Å². The van der Waals surface area contributed by atoms with Crippen molar-refractivity contribution in [2.75, 3.05) is 6.54 Å². The van der Waals surface area contributed by atoms with Crippen molar-refractivity contribution >= 4 is 23.0 Å². The Bertz CT molecular complexity index is 939. The fourth-order valence-corrected chi connectivity index (χ4v) is 2.99. The number of hydrogen-bond donors (Lipinski definition) is 1. The van der Waals surface area contributed by atoms with E-state index in [1.807, 2.05) is 35.3 Å². The number of fused-ring (bicyclic) bond motifs is 2. The van der Waals surface area contributed by atoms with Gasteiger partial charge in [0.25, 0.3) is 0 Å². The number of carbonyl (C=O) groups excluding carboxylic acids is 1. The van der Waals surface area contributed by atoms with E-state index >= 15 is 0 Å². The number of amides is 1. The van der Waals surface area contributed by atoms with Crippen molar-refractivity contribution in [2.24, 2.45) is 10.7 Å². The van der Waals surface area contributed by atoms with Gasteiger partial charge in [-0.2, -0.15) is 5.10 Å². The highest BCUT2D eigenvalue weighted by molar-refractivity contribution is 5.87. The van der Waals surface area contributed by atoms with E-state index in [1.54, 1.807) is 0 Å². The molecule has 0 bridgehead atoms. The van der Waals surface area contributed by atoms with Crippen LogP contribution in [-0.4, -0.2) is 28.4 Å². The number of hydrogen-bond acceptors (Lipinski definition) is 3. The van der Waals surface area contributed by atoms with Crippen LogP contribution in [0.25, 0.3) is 16.6 Å². The first-order chi connectivity index (χ1) is 11.2. The molecule has 0 saturated carbocycles. The quantitative estimate of drug-likeness (QED) is 0.804. The van der Waals surface area contributed by atoms with Crippen LogP contribution < -0.4 is 5.73 Å². The van der Waals surface area contributed by atoms with Crippen LogP contribution in [0.3, 0.4) is 0 Å². The molecule has 3 aromatic rings. The standard InChI is InChI=1S/C18H16N4O/c19-17(23)9-13-2-1-3-14-11-22(21-18(13)14)16-5-4-12-6-7-20-10-15(12)8-16/h1-5,8,10-11H,6-7,9H2,(H2,19,23). The fraction of sp³-hybridized carbons (Fsp3) is 0.167. The molecule has 2 N–H and O–H groups in total. The number of aliphatic imine (C=N–C) groups is 1. The van der Waals surface area contributed by atoms with Gasteiger partial charge in [0.2, 0.25) is 5.91 Å². The van der Waals surface area contributed by atoms with Gasteiger partial charge in [0.05, 0.1) is 17.6 Å². The predicted octanol–water partition coefficient (Wildman–Crippen LogP) is 2.03. The lowest BCUT2D eigenvalue weighted by molar-refractivity contribution is -0.117. The molecule has 0 fully saturated rings. The third-order valence-corrected chi connectivity index (χ3v) is 4.12. The topological polar surface area (TPSA) is 73.3 Å². The van der Waals surface area contributed by atoms with Gasteiger partial charge in [0.15, 0.2) is 0 Å². The Morgan fingerprint density at radius 2 is 2.17 bits per heavy atom. The third-order valence-electron chi connectivity index (χ3n) is 4.12. The van der Waals surface area contributed by atoms with E-state index in [4.69, 9.17) is 5.73 Å². The highest BCUT2D eigenvalue weighted by Gasteiger charge is 2.11. The van der Waals surface area contributed by atoms with Crippen LogP contribution in [0.1, 0.15) is 16.7 Å². The summed E-state index contributed by atoms with van der Waals surface area (Å²) >= 11 is 0. The van der Waals surface area contributed by atoms with Crippen LogP contribution in [-0.2, 0) is 17.6 Å². The first-order valence-electron chi connectivity index (χ1n) is 7.59. The van der Waals surface area contributed by atoms with E-state index in [9.17, 15) is 4.79 Å². The van der Waals surface area contributed by atoms with Crippen LogP contribution in [0, 0.1) is 0 Å². The molecular weight excluding hydrogens is 288 g/mol. The maximum Gasteiger partial charge on any atom is 0.221 e. The lowest BCUT2D eigenvalue weighted by Crippen LogP contribution is -2.13. The Morgan fingerprint density at radius 3 is 3.04 bits per heavy atom. The minimum absolute atomic E-state index is 0.200. The summed E-state index contributed by atoms with van der Waals surface area (Å²) < 4.78 is 1.85. The molecule has 23 heavy (non-hydrogen) atoms. The van der Waals surface area contributed by atoms with Gasteiger partial charge >= 0.3 is 0 Å². The van der Waals surface area contributed by atoms with Crippen LogP contribution >= 0.6 is 0 Å². The average molecular weight is 304 g/mol. The molecule has 114 valence electrons. The molecule has 1 amide bonds. The molecule has 0 spiro atoms. The largest absolute Gasteiger partial charge is 0.369 e. The highest BCUT2D eigenvalue weighted by Crippen LogP contribution is 2.22. The van der Waals surface area contributed by atoms with Crippen molar-refractivity contribution < 1.29 is 4.79 Å². The van der Waals surface area contributed by atoms with Crippen molar-refractivity contribution in [1.29, 1.82) is 0 Å². The van der Waals surface area contributed by atoms with Crippen molar-refractivity contribution in [1.82, 2.24) is 9.78 Å². The number of nitrogens with zero attached hydrogens (tertiary/aromatic N) is 3. The molecule has 5 nitrogen and oxygen atoms in total. The Hall–Kier alpha value is -2.95. The van der Waals surface area contributed by atoms with Gasteiger partial charge < -0.3 is 5.73 Å². The molecule has 2 heterocycles. The summed E-state index contributed by atoms with van der Waals surface area (Å²) in [5, 5.41) is 5.64. The number of benzene rings is 2. The zero-order valence-electron chi connectivity index (χ0n) is 12.6. The summed E-state index contributed by atoms with van der Waals surface area (Å²) in [6.45, 7) is 0.856. The first kappa shape index (κ1) is 13.7. The second-order valence-electron chi connectivity index (χ2n) is 5.74. The third kappa shape index (κ3) is 2.50. The van der Waals surface area contributed by atoms with E-state index in [1.165, 1.54) is 5.56 Å². The molecule has 0 saturated heterocycles. The van der Waals surface area contributed by atoms with Crippen molar-refractivity contribution in [2.45, 2.75) is 12.8 Å². The maximum atomic E-state index is 11.2. The second-order valence-corrected chi connectivity index (χ2v) is 5.74. The molecular formula is C18H16N4O. The summed E-state index contributed by atoms with van der Waals surface area (Å²) in [6, 6.07) is 12.1. The Morgan fingerprint density at radius 1 is 1.26 bits per heavy atom. The van der Waals surface area contributed by atoms with Crippen LogP contribution in [0.5, 0.6) is 0 Å². The lowest BCUT2D eigenvalue weighted by atomic mass is 10.0. The summed E-state index contributed by atoms with van der Waals surface area (Å²) in [4.78, 5) is 15.6. The molecule has 2 aromatic carbocycles. The van der Waals surface area contributed by atoms with Gasteiger partial charge in [-0.1, -0.05) is 24.3 Å². The van der Waals surface area contributed by atoms with Gasteiger partial charge in [-0.25, -0.2) is 4.68 Å². The van der Waals surface area contributed by atoms with Crippen LogP contribution in [0.15, 0.2) is 47.6 Å². The Kier molecular flexibility index (Phi) is 3.19. The zero-order chi connectivity index (χ0) is 15.8. The molecule has 0 unspecified atom stereocenters. The number of carbonyl (C=O) groups is 1. The van der Waals surface area contributed by atoms with Crippen molar-refractivity contribution in [3.05, 3.63) is 59.3 Å². The molecule has 0 radical (unpaired) electrons. The van der Waals surface area contributed by atoms with Gasteiger partial charge in [-0.3, -0.25) is 9.79 Å². The van der Waals surface area contributed by atoms with Gasteiger partial charge in [-0.15, -0.1) is 0 Å². The summed E-state index contributed by atoms with van der Waals surface area (Å²) in [5.41, 5.74) is 10.4. The fourth-order valence-electron chi connectivity index (χ4n) is 2.99. The number of aromatic nitrogens is 2. The van der Waals surface area contributed by atoms with Crippen LogP contribution in [0.2, 0.25) is 0 Å². The number of primary amides is 1. The van der Waals surface area contributed by atoms with Crippen molar-refractivity contribution in [3.8, 4) is 5.69 Å². The van der Waals surface area contributed by atoms with Gasteiger partial charge in [0.1, 0.15) is 0 Å². The van der Waals surface area contributed by atoms with E-state index < -0.39 is 0 Å². The second kappa shape index (κ2) is 5.35. The van der Waals surface area contributed by atoms with E-state index in [-0.39, 0.29) is 12.3 Å². The van der Waals surface area contributed by atoms with Gasteiger partial charge in [-0.05, 0) is 35.2 Å². The molecule has 1 aromatic heterocycles. The average Bonchev–Trinajstić information content (AvgIpc) is 2.99. The maximum absolute atomic E-state index is 11.2. The predicted molar refractivity (Wildman–Crippen MR) is 90.1 cm³/mol. The van der Waals surface area contributed by atoms with Gasteiger partial charge in [0, 0.05) is 24.3 Å². The Labute approximate surface area is 133 Å². The number of nitrogens with two attached hydrogens (primary N) is 1. The molecule has 0 aliphatic carbocycles. The molecule has 1 aliphatic heterocycles. The van der Waals surface area contributed by atoms with Crippen molar-refractivity contribution in [3.63, 3.8) is 0 Å². The minimum atomic E-state index is -0.350. The van der Waals surface area contributed by atoms with E-state index in [0.717, 1.165) is 40.7 Å². The monoisotopic (exact) mass is 304 g/mol. The Balaban J connectivity index is 1.81. The minimum Gasteiger partial charge on any atom is -0.369 e. The zero-order valence-corrected chi connectivity index (χ0v) is 12.6. The smallest absolute Gasteiger partial charge is 0.221 e. The SMILES string of the molecule is NC(=O)Cc1cccc2cn(-c3ccc4c(c3)C=NCC4)nc12. The normalized spacial score (nSPS) is 13.2. The number of rotatable bonds is 3.